The monoisotopic (exact) mass is 871 g/mol. The number of rotatable bonds is 4. The number of hydrogen-bond acceptors (Lipinski definition) is 1. The van der Waals surface area contributed by atoms with Crippen LogP contribution in [0.25, 0.3) is 87.3 Å². The Morgan fingerprint density at radius 1 is 0.304 bits per heavy atom. The summed E-state index contributed by atoms with van der Waals surface area (Å²) in [5, 5.41) is 12.9. The maximum absolute atomic E-state index is 2.66. The van der Waals surface area contributed by atoms with Crippen molar-refractivity contribution in [2.45, 2.75) is 0 Å². The third-order valence-corrected chi connectivity index (χ3v) is 15.7. The van der Waals surface area contributed by atoms with Crippen LogP contribution in [0.5, 0.6) is 0 Å². The van der Waals surface area contributed by atoms with Crippen molar-refractivity contribution in [3.8, 4) is 11.4 Å². The summed E-state index contributed by atoms with van der Waals surface area (Å²) in [5.74, 6) is 0. The van der Waals surface area contributed by atoms with Crippen LogP contribution in [0.4, 0.5) is 17.1 Å². The van der Waals surface area contributed by atoms with Crippen molar-refractivity contribution >= 4 is 139 Å². The average molecular weight is 872 g/mol. The van der Waals surface area contributed by atoms with Gasteiger partial charge in [0.05, 0.1) is 16.6 Å². The van der Waals surface area contributed by atoms with E-state index in [9.17, 15) is 0 Å². The van der Waals surface area contributed by atoms with Gasteiger partial charge in [-0.25, -0.2) is 0 Å². The van der Waals surface area contributed by atoms with Crippen LogP contribution in [-0.2, 0) is 0 Å². The number of aromatic nitrogens is 2. The number of hydrogen-bond donors (Lipinski definition) is 0. The van der Waals surface area contributed by atoms with Gasteiger partial charge in [-0.15, -0.1) is 0 Å². The molecule has 0 saturated carbocycles. The first-order valence-corrected chi connectivity index (χ1v) is 24.2. The van der Waals surface area contributed by atoms with E-state index in [1.54, 1.807) is 0 Å². The number of anilines is 3. The van der Waals surface area contributed by atoms with Crippen LogP contribution >= 0.6 is 0 Å². The lowest BCUT2D eigenvalue weighted by molar-refractivity contribution is 1.17. The largest absolute Gasteiger partial charge is 0.311 e. The number of nitrogens with zero attached hydrogens (tertiary/aromatic N) is 3. The first-order valence-electron chi connectivity index (χ1n) is 24.2. The van der Waals surface area contributed by atoms with Crippen LogP contribution in [-0.4, -0.2) is 22.6 Å². The van der Waals surface area contributed by atoms with E-state index in [0.717, 1.165) is 11.4 Å². The van der Waals surface area contributed by atoms with Gasteiger partial charge in [0.1, 0.15) is 0 Å². The standard InChI is InChI=1S/C64H39B2N3/c1-5-18-42(19-6-1)65-53-29-17-27-47-51-38-50-46-26-13-15-30-55(46)67(44-22-9-3-10-23-44)57(50)39-58(51)69(63(47)53)64-49-35-33-41-37-59-62(48-34-32-40(36-54(64)65)61(49)60(41)48)66(43-20-7-2-8-21-43)52-28-14-16-31-56(52)68(59)45-24-11-4-12-25-45/h1-39H. The molecule has 2 aliphatic rings. The summed E-state index contributed by atoms with van der Waals surface area (Å²) in [6.07, 6.45) is 0. The molecule has 16 rings (SSSR count). The summed E-state index contributed by atoms with van der Waals surface area (Å²) in [5.41, 5.74) is 19.0. The highest BCUT2D eigenvalue weighted by Gasteiger charge is 2.39. The van der Waals surface area contributed by atoms with E-state index in [2.05, 4.69) is 251 Å². The molecule has 0 spiro atoms. The highest BCUT2D eigenvalue weighted by molar-refractivity contribution is 7.00. The van der Waals surface area contributed by atoms with Crippen molar-refractivity contribution in [3.63, 3.8) is 0 Å². The van der Waals surface area contributed by atoms with Crippen LogP contribution in [0, 0.1) is 0 Å². The summed E-state index contributed by atoms with van der Waals surface area (Å²) < 4.78 is 5.11. The Bertz CT molecular complexity index is 4430. The van der Waals surface area contributed by atoms with E-state index in [-0.39, 0.29) is 13.4 Å². The topological polar surface area (TPSA) is 13.1 Å². The summed E-state index contributed by atoms with van der Waals surface area (Å²) in [6, 6.07) is 88.8. The van der Waals surface area contributed by atoms with Gasteiger partial charge >= 0.3 is 0 Å². The molecule has 2 aromatic heterocycles. The normalized spacial score (nSPS) is 13.1. The molecule has 0 radical (unpaired) electrons. The van der Waals surface area contributed by atoms with Crippen LogP contribution in [0.15, 0.2) is 237 Å². The summed E-state index contributed by atoms with van der Waals surface area (Å²) in [7, 11) is 0. The van der Waals surface area contributed by atoms with Crippen molar-refractivity contribution in [2.75, 3.05) is 4.90 Å². The maximum atomic E-state index is 2.66. The minimum Gasteiger partial charge on any atom is -0.311 e. The van der Waals surface area contributed by atoms with Gasteiger partial charge in [0.2, 0.25) is 13.4 Å². The van der Waals surface area contributed by atoms with E-state index in [4.69, 9.17) is 0 Å². The van der Waals surface area contributed by atoms with Crippen molar-refractivity contribution in [1.82, 2.24) is 9.13 Å². The quantitative estimate of drug-likeness (QED) is 0.127. The molecule has 12 aromatic carbocycles. The molecule has 0 unspecified atom stereocenters. The zero-order chi connectivity index (χ0) is 44.9. The molecule has 69 heavy (non-hydrogen) atoms. The van der Waals surface area contributed by atoms with E-state index >= 15 is 0 Å². The van der Waals surface area contributed by atoms with E-state index in [0.29, 0.717) is 0 Å². The van der Waals surface area contributed by atoms with Crippen LogP contribution in [0.1, 0.15) is 0 Å². The Kier molecular flexibility index (Phi) is 7.51. The molecule has 0 saturated heterocycles. The summed E-state index contributed by atoms with van der Waals surface area (Å²) in [4.78, 5) is 2.50. The summed E-state index contributed by atoms with van der Waals surface area (Å²) in [6.45, 7) is 0.0835. The molecule has 0 fully saturated rings. The molecule has 3 nitrogen and oxygen atoms in total. The number of fused-ring (bicyclic) bond motifs is 12. The van der Waals surface area contributed by atoms with E-state index in [1.807, 2.05) is 0 Å². The Morgan fingerprint density at radius 2 is 0.884 bits per heavy atom. The highest BCUT2D eigenvalue weighted by atomic mass is 15.1. The molecule has 0 aliphatic carbocycles. The van der Waals surface area contributed by atoms with Gasteiger partial charge in [0.15, 0.2) is 0 Å². The second-order valence-electron chi connectivity index (χ2n) is 19.1. The second-order valence-corrected chi connectivity index (χ2v) is 19.1. The molecule has 4 heterocycles. The Hall–Kier alpha value is -8.79. The third kappa shape index (κ3) is 4.98. The Morgan fingerprint density at radius 3 is 1.67 bits per heavy atom. The highest BCUT2D eigenvalue weighted by Crippen LogP contribution is 2.46. The number of benzene rings is 12. The van der Waals surface area contributed by atoms with Crippen molar-refractivity contribution < 1.29 is 0 Å². The molecule has 0 N–H and O–H groups in total. The lowest BCUT2D eigenvalue weighted by Gasteiger charge is -2.38. The molecule has 5 heteroatoms. The minimum atomic E-state index is 0.0389. The van der Waals surface area contributed by atoms with Crippen LogP contribution in [0.3, 0.4) is 0 Å². The molecular formula is C64H39B2N3. The van der Waals surface area contributed by atoms with E-state index < -0.39 is 0 Å². The molecule has 2 aliphatic heterocycles. The van der Waals surface area contributed by atoms with Crippen molar-refractivity contribution in [2.24, 2.45) is 0 Å². The first-order chi connectivity index (χ1) is 34.3. The lowest BCUT2D eigenvalue weighted by atomic mass is 9.34. The fourth-order valence-corrected chi connectivity index (χ4v) is 13.0. The lowest BCUT2D eigenvalue weighted by Crippen LogP contribution is -2.57. The summed E-state index contributed by atoms with van der Waals surface area (Å²) >= 11 is 0. The van der Waals surface area contributed by atoms with Gasteiger partial charge in [0.25, 0.3) is 0 Å². The minimum absolute atomic E-state index is 0.0389. The van der Waals surface area contributed by atoms with Gasteiger partial charge < -0.3 is 14.0 Å². The molecular weight excluding hydrogens is 832 g/mol. The van der Waals surface area contributed by atoms with Gasteiger partial charge in [0, 0.05) is 60.9 Å². The fourth-order valence-electron chi connectivity index (χ4n) is 13.0. The van der Waals surface area contributed by atoms with Crippen LogP contribution < -0.4 is 37.7 Å². The van der Waals surface area contributed by atoms with Crippen molar-refractivity contribution in [3.05, 3.63) is 237 Å². The zero-order valence-electron chi connectivity index (χ0n) is 37.5. The van der Waals surface area contributed by atoms with Gasteiger partial charge in [-0.1, -0.05) is 193 Å². The van der Waals surface area contributed by atoms with Gasteiger partial charge in [-0.2, -0.15) is 0 Å². The second kappa shape index (κ2) is 13.9. The third-order valence-electron chi connectivity index (χ3n) is 15.7. The average Bonchev–Trinajstić information content (AvgIpc) is 3.92. The molecule has 0 atom stereocenters. The predicted octanol–water partition coefficient (Wildman–Crippen LogP) is 11.9. The Balaban J connectivity index is 1.06. The number of para-hydroxylation sites is 5. The SMILES string of the molecule is c1ccc(B2c3ccccc3N(c3ccccc3)c3cc4ccc5c6c(cc7ccc(c32)c4c75)B(c2ccccc2)c2cccc3c4cc5c7ccccc7n(-c7ccccc7)c5cc4n-6c23)cc1. The Labute approximate surface area is 399 Å². The molecule has 14 aromatic rings. The predicted molar refractivity (Wildman–Crippen MR) is 296 cm³/mol. The van der Waals surface area contributed by atoms with E-state index in [1.165, 1.54) is 126 Å². The van der Waals surface area contributed by atoms with Crippen LogP contribution in [0.2, 0.25) is 0 Å². The van der Waals surface area contributed by atoms with Crippen molar-refractivity contribution in [1.29, 1.82) is 0 Å². The van der Waals surface area contributed by atoms with Gasteiger partial charge in [-0.05, 0) is 103 Å². The zero-order valence-corrected chi connectivity index (χ0v) is 37.5. The maximum Gasteiger partial charge on any atom is 0.247 e. The first kappa shape index (κ1) is 37.3. The molecule has 0 amide bonds. The fraction of sp³-hybridized carbons (Fsp3) is 0. The van der Waals surface area contributed by atoms with Gasteiger partial charge in [-0.3, -0.25) is 0 Å². The molecule has 0 bridgehead atoms. The molecule has 316 valence electrons. The smallest absolute Gasteiger partial charge is 0.247 e.